The fourth-order valence-corrected chi connectivity index (χ4v) is 3.51. The van der Waals surface area contributed by atoms with Crippen LogP contribution in [0.2, 0.25) is 0 Å². The lowest BCUT2D eigenvalue weighted by Crippen LogP contribution is -2.44. The maximum atomic E-state index is 13.6. The molecule has 1 fully saturated rings. The number of rotatable bonds is 4. The highest BCUT2D eigenvalue weighted by atomic mass is 19.4. The monoisotopic (exact) mass is 445 g/mol. The minimum atomic E-state index is -4.54. The lowest BCUT2D eigenvalue weighted by Gasteiger charge is -2.34. The molecular formula is C21H22F3N7O. The quantitative estimate of drug-likeness (QED) is 0.665. The molecule has 11 heteroatoms. The third-order valence-corrected chi connectivity index (χ3v) is 5.27. The van der Waals surface area contributed by atoms with Gasteiger partial charge in [0.05, 0.1) is 23.5 Å². The van der Waals surface area contributed by atoms with Crippen molar-refractivity contribution in [2.75, 3.05) is 43.4 Å². The molecule has 168 valence electrons. The molecule has 0 spiro atoms. The number of amides is 1. The van der Waals surface area contributed by atoms with Crippen LogP contribution in [0, 0.1) is 6.92 Å². The fourth-order valence-electron chi connectivity index (χ4n) is 3.51. The van der Waals surface area contributed by atoms with Gasteiger partial charge in [0, 0.05) is 43.2 Å². The minimum absolute atomic E-state index is 0.0591. The maximum Gasteiger partial charge on any atom is 0.416 e. The number of benzene rings is 1. The van der Waals surface area contributed by atoms with Gasteiger partial charge in [0.1, 0.15) is 0 Å². The van der Waals surface area contributed by atoms with Crippen molar-refractivity contribution in [3.8, 4) is 5.82 Å². The molecule has 1 saturated heterocycles. The summed E-state index contributed by atoms with van der Waals surface area (Å²) in [4.78, 5) is 21.4. The summed E-state index contributed by atoms with van der Waals surface area (Å²) in [6.07, 6.45) is -1.56. The van der Waals surface area contributed by atoms with Crippen LogP contribution in [0.1, 0.15) is 21.6 Å². The molecule has 0 aliphatic carbocycles. The van der Waals surface area contributed by atoms with Crippen molar-refractivity contribution >= 4 is 17.3 Å². The Hall–Kier alpha value is -3.47. The summed E-state index contributed by atoms with van der Waals surface area (Å²) < 4.78 is 42.0. The summed E-state index contributed by atoms with van der Waals surface area (Å²) in [5.41, 5.74) is 0.483. The van der Waals surface area contributed by atoms with Gasteiger partial charge in [-0.05, 0) is 44.3 Å². The molecule has 8 nitrogen and oxygen atoms in total. The van der Waals surface area contributed by atoms with Crippen LogP contribution in [0.4, 0.5) is 24.5 Å². The van der Waals surface area contributed by atoms with E-state index in [1.165, 1.54) is 17.1 Å². The third-order valence-electron chi connectivity index (χ3n) is 5.27. The normalized spacial score (nSPS) is 15.1. The van der Waals surface area contributed by atoms with Gasteiger partial charge in [-0.3, -0.25) is 4.79 Å². The molecular weight excluding hydrogens is 423 g/mol. The lowest BCUT2D eigenvalue weighted by molar-refractivity contribution is -0.137. The first kappa shape index (κ1) is 21.8. The van der Waals surface area contributed by atoms with Crippen LogP contribution in [-0.2, 0) is 6.18 Å². The molecule has 1 aliphatic heterocycles. The number of nitrogens with one attached hydrogen (secondary N) is 1. The van der Waals surface area contributed by atoms with Crippen molar-refractivity contribution in [1.82, 2.24) is 24.9 Å². The molecule has 4 rings (SSSR count). The molecule has 0 saturated carbocycles. The first-order chi connectivity index (χ1) is 15.2. The van der Waals surface area contributed by atoms with Gasteiger partial charge in [-0.1, -0.05) is 5.21 Å². The van der Waals surface area contributed by atoms with E-state index in [2.05, 4.69) is 25.5 Å². The highest BCUT2D eigenvalue weighted by Gasteiger charge is 2.32. The Kier molecular flexibility index (Phi) is 5.83. The first-order valence-corrected chi connectivity index (χ1v) is 10.0. The van der Waals surface area contributed by atoms with E-state index < -0.39 is 17.6 Å². The number of likely N-dealkylation sites (N-methyl/N-ethyl adjacent to an activating group) is 1. The molecule has 1 amide bonds. The minimum Gasteiger partial charge on any atom is -0.369 e. The van der Waals surface area contributed by atoms with Crippen LogP contribution in [0.3, 0.4) is 0 Å². The van der Waals surface area contributed by atoms with Crippen LogP contribution < -0.4 is 10.2 Å². The van der Waals surface area contributed by atoms with Crippen molar-refractivity contribution in [1.29, 1.82) is 0 Å². The topological polar surface area (TPSA) is 79.2 Å². The van der Waals surface area contributed by atoms with Gasteiger partial charge in [-0.15, -0.1) is 5.10 Å². The molecule has 1 N–H and O–H groups in total. The Morgan fingerprint density at radius 2 is 1.84 bits per heavy atom. The number of piperazine rings is 1. The van der Waals surface area contributed by atoms with Gasteiger partial charge in [0.15, 0.2) is 5.82 Å². The lowest BCUT2D eigenvalue weighted by atomic mass is 10.1. The molecule has 0 radical (unpaired) electrons. The van der Waals surface area contributed by atoms with Gasteiger partial charge >= 0.3 is 6.18 Å². The number of aryl methyl sites for hydroxylation is 1. The standard InChI is InChI=1S/C21H22F3N7O/c1-14-3-4-18(19(26-14)31-6-5-25-28-31)20(32)27-16-11-15(21(22,23)24)12-17(13-16)30-9-7-29(2)8-10-30/h3-6,11-13H,7-10H2,1-2H3,(H,27,32). The molecule has 1 aromatic carbocycles. The van der Waals surface area contributed by atoms with Gasteiger partial charge in [-0.25, -0.2) is 9.67 Å². The van der Waals surface area contributed by atoms with E-state index in [1.54, 1.807) is 25.1 Å². The average molecular weight is 445 g/mol. The van der Waals surface area contributed by atoms with Crippen LogP contribution in [0.25, 0.3) is 5.82 Å². The van der Waals surface area contributed by atoms with E-state index in [0.717, 1.165) is 25.2 Å². The SMILES string of the molecule is Cc1ccc(C(=O)Nc2cc(N3CCN(C)CC3)cc(C(F)(F)F)c2)c(-n2ccnn2)n1. The predicted octanol–water partition coefficient (Wildman–Crippen LogP) is 2.99. The van der Waals surface area contributed by atoms with E-state index in [1.807, 2.05) is 11.9 Å². The zero-order chi connectivity index (χ0) is 22.9. The molecule has 3 aromatic rings. The fraction of sp³-hybridized carbons (Fsp3) is 0.333. The summed E-state index contributed by atoms with van der Waals surface area (Å²) >= 11 is 0. The number of carbonyl (C=O) groups excluding carboxylic acids is 1. The van der Waals surface area contributed by atoms with Crippen molar-refractivity contribution in [3.05, 3.63) is 59.5 Å². The summed E-state index contributed by atoms with van der Waals surface area (Å²) in [7, 11) is 1.97. The molecule has 0 atom stereocenters. The molecule has 0 unspecified atom stereocenters. The Morgan fingerprint density at radius 1 is 1.09 bits per heavy atom. The van der Waals surface area contributed by atoms with Crippen LogP contribution in [-0.4, -0.2) is 64.0 Å². The highest BCUT2D eigenvalue weighted by Crippen LogP contribution is 2.35. The van der Waals surface area contributed by atoms with Gasteiger partial charge in [0.25, 0.3) is 5.91 Å². The summed E-state index contributed by atoms with van der Waals surface area (Å²) in [5.74, 6) is -0.349. The van der Waals surface area contributed by atoms with Crippen molar-refractivity contribution in [3.63, 3.8) is 0 Å². The highest BCUT2D eigenvalue weighted by molar-refractivity contribution is 6.06. The Morgan fingerprint density at radius 3 is 2.50 bits per heavy atom. The number of anilines is 2. The number of hydrogen-bond donors (Lipinski definition) is 1. The van der Waals surface area contributed by atoms with Gasteiger partial charge in [-0.2, -0.15) is 13.2 Å². The van der Waals surface area contributed by atoms with Crippen molar-refractivity contribution in [2.24, 2.45) is 0 Å². The summed E-state index contributed by atoms with van der Waals surface area (Å²) in [6.45, 7) is 4.45. The van der Waals surface area contributed by atoms with E-state index in [0.29, 0.717) is 24.5 Å². The predicted molar refractivity (Wildman–Crippen MR) is 113 cm³/mol. The largest absolute Gasteiger partial charge is 0.416 e. The van der Waals surface area contributed by atoms with E-state index in [9.17, 15) is 18.0 Å². The number of aromatic nitrogens is 4. The number of hydrogen-bond acceptors (Lipinski definition) is 6. The Bertz CT molecular complexity index is 1110. The summed E-state index contributed by atoms with van der Waals surface area (Å²) in [5, 5.41) is 10.2. The number of pyridine rings is 1. The Balaban J connectivity index is 1.67. The van der Waals surface area contributed by atoms with Crippen LogP contribution >= 0.6 is 0 Å². The smallest absolute Gasteiger partial charge is 0.369 e. The zero-order valence-electron chi connectivity index (χ0n) is 17.6. The third kappa shape index (κ3) is 4.72. The van der Waals surface area contributed by atoms with Gasteiger partial charge in [0.2, 0.25) is 0 Å². The van der Waals surface area contributed by atoms with Crippen molar-refractivity contribution in [2.45, 2.75) is 13.1 Å². The van der Waals surface area contributed by atoms with Gasteiger partial charge < -0.3 is 15.1 Å². The molecule has 0 bridgehead atoms. The second-order valence-corrected chi connectivity index (χ2v) is 7.68. The first-order valence-electron chi connectivity index (χ1n) is 10.0. The zero-order valence-corrected chi connectivity index (χ0v) is 17.6. The van der Waals surface area contributed by atoms with Crippen LogP contribution in [0.5, 0.6) is 0 Å². The number of nitrogens with zero attached hydrogens (tertiary/aromatic N) is 6. The van der Waals surface area contributed by atoms with E-state index in [4.69, 9.17) is 0 Å². The number of alkyl halides is 3. The van der Waals surface area contributed by atoms with Crippen LogP contribution in [0.15, 0.2) is 42.7 Å². The molecule has 3 heterocycles. The number of halogens is 3. The maximum absolute atomic E-state index is 13.6. The second-order valence-electron chi connectivity index (χ2n) is 7.68. The Labute approximate surface area is 182 Å². The number of carbonyl (C=O) groups is 1. The molecule has 2 aromatic heterocycles. The van der Waals surface area contributed by atoms with E-state index in [-0.39, 0.29) is 17.1 Å². The second kappa shape index (κ2) is 8.58. The molecule has 32 heavy (non-hydrogen) atoms. The average Bonchev–Trinajstić information content (AvgIpc) is 3.28. The van der Waals surface area contributed by atoms with Crippen molar-refractivity contribution < 1.29 is 18.0 Å². The summed E-state index contributed by atoms with van der Waals surface area (Å²) in [6, 6.07) is 6.83. The van der Waals surface area contributed by atoms with E-state index >= 15 is 0 Å². The molecule has 1 aliphatic rings.